The van der Waals surface area contributed by atoms with Crippen LogP contribution in [0.25, 0.3) is 10.9 Å². The predicted molar refractivity (Wildman–Crippen MR) is 84.2 cm³/mol. The Hall–Kier alpha value is -2.04. The molecule has 1 heterocycles. The molecule has 0 atom stereocenters. The van der Waals surface area contributed by atoms with E-state index in [1.165, 1.54) is 6.07 Å². The zero-order chi connectivity index (χ0) is 15.0. The van der Waals surface area contributed by atoms with E-state index in [2.05, 4.69) is 0 Å². The highest BCUT2D eigenvalue weighted by molar-refractivity contribution is 6.42. The van der Waals surface area contributed by atoms with Crippen molar-refractivity contribution in [3.05, 3.63) is 74.4 Å². The van der Waals surface area contributed by atoms with Crippen LogP contribution < -0.4 is 0 Å². The van der Waals surface area contributed by atoms with Gasteiger partial charge < -0.3 is 4.57 Å². The van der Waals surface area contributed by atoms with Crippen LogP contribution in [-0.4, -0.2) is 9.49 Å². The van der Waals surface area contributed by atoms with E-state index in [-0.39, 0.29) is 10.6 Å². The Morgan fingerprint density at radius 3 is 2.62 bits per heavy atom. The SMILES string of the molecule is O=[N+]([O-])c1cccc2c1ccn2Cc1cccc(Cl)c1Cl. The maximum Gasteiger partial charge on any atom is 0.278 e. The first-order valence-electron chi connectivity index (χ1n) is 6.23. The topological polar surface area (TPSA) is 48.1 Å². The van der Waals surface area contributed by atoms with Gasteiger partial charge in [-0.3, -0.25) is 10.1 Å². The summed E-state index contributed by atoms with van der Waals surface area (Å²) in [6.07, 6.45) is 1.81. The normalized spacial score (nSPS) is 11.0. The summed E-state index contributed by atoms with van der Waals surface area (Å²) in [4.78, 5) is 10.7. The van der Waals surface area contributed by atoms with Gasteiger partial charge in [0.05, 0.1) is 25.9 Å². The minimum atomic E-state index is -0.376. The van der Waals surface area contributed by atoms with Gasteiger partial charge in [-0.1, -0.05) is 41.4 Å². The number of rotatable bonds is 3. The molecule has 6 heteroatoms. The van der Waals surface area contributed by atoms with Gasteiger partial charge in [-0.2, -0.15) is 0 Å². The largest absolute Gasteiger partial charge is 0.343 e. The van der Waals surface area contributed by atoms with Crippen molar-refractivity contribution in [3.8, 4) is 0 Å². The summed E-state index contributed by atoms with van der Waals surface area (Å²) in [7, 11) is 0. The molecule has 2 aromatic carbocycles. The Morgan fingerprint density at radius 2 is 1.86 bits per heavy atom. The van der Waals surface area contributed by atoms with E-state index in [1.807, 2.05) is 29.0 Å². The van der Waals surface area contributed by atoms with Gasteiger partial charge in [0, 0.05) is 18.8 Å². The molecule has 0 saturated heterocycles. The van der Waals surface area contributed by atoms with Gasteiger partial charge >= 0.3 is 0 Å². The van der Waals surface area contributed by atoms with E-state index >= 15 is 0 Å². The standard InChI is InChI=1S/C15H10Cl2N2O2/c16-12-4-1-3-10(15(12)17)9-18-8-7-11-13(18)5-2-6-14(11)19(20)21/h1-8H,9H2. The highest BCUT2D eigenvalue weighted by Gasteiger charge is 2.14. The molecule has 3 aromatic rings. The summed E-state index contributed by atoms with van der Waals surface area (Å²) in [5.41, 5.74) is 1.76. The summed E-state index contributed by atoms with van der Waals surface area (Å²) in [6.45, 7) is 0.504. The first kappa shape index (κ1) is 13.9. The van der Waals surface area contributed by atoms with Crippen LogP contribution in [0.15, 0.2) is 48.7 Å². The third kappa shape index (κ3) is 2.48. The Kier molecular flexibility index (Phi) is 3.57. The van der Waals surface area contributed by atoms with Crippen molar-refractivity contribution in [2.45, 2.75) is 6.54 Å². The lowest BCUT2D eigenvalue weighted by Gasteiger charge is -2.08. The lowest BCUT2D eigenvalue weighted by molar-refractivity contribution is -0.383. The van der Waals surface area contributed by atoms with Crippen LogP contribution in [-0.2, 0) is 6.54 Å². The van der Waals surface area contributed by atoms with Gasteiger partial charge in [0.15, 0.2) is 0 Å². The second-order valence-corrected chi connectivity index (χ2v) is 5.41. The molecule has 3 rings (SSSR count). The van der Waals surface area contributed by atoms with Gasteiger partial charge in [-0.25, -0.2) is 0 Å². The molecule has 1 aromatic heterocycles. The highest BCUT2D eigenvalue weighted by Crippen LogP contribution is 2.29. The lowest BCUT2D eigenvalue weighted by Crippen LogP contribution is -1.99. The summed E-state index contributed by atoms with van der Waals surface area (Å²) >= 11 is 12.2. The number of nitro groups is 1. The molecule has 106 valence electrons. The fourth-order valence-corrected chi connectivity index (χ4v) is 2.74. The van der Waals surface area contributed by atoms with Crippen molar-refractivity contribution >= 4 is 39.8 Å². The number of fused-ring (bicyclic) bond motifs is 1. The Morgan fingerprint density at radius 1 is 1.10 bits per heavy atom. The molecule has 0 aliphatic carbocycles. The second kappa shape index (κ2) is 5.39. The van der Waals surface area contributed by atoms with Crippen molar-refractivity contribution in [3.63, 3.8) is 0 Å². The molecule has 4 nitrogen and oxygen atoms in total. The molecule has 21 heavy (non-hydrogen) atoms. The summed E-state index contributed by atoms with van der Waals surface area (Å²) < 4.78 is 1.92. The zero-order valence-corrected chi connectivity index (χ0v) is 12.3. The van der Waals surface area contributed by atoms with E-state index in [4.69, 9.17) is 23.2 Å². The molecule has 0 aliphatic rings. The highest BCUT2D eigenvalue weighted by atomic mass is 35.5. The minimum absolute atomic E-state index is 0.100. The third-order valence-corrected chi connectivity index (χ3v) is 4.22. The van der Waals surface area contributed by atoms with Crippen molar-refractivity contribution in [2.24, 2.45) is 0 Å². The van der Waals surface area contributed by atoms with Crippen LogP contribution in [0.4, 0.5) is 5.69 Å². The Labute approximate surface area is 130 Å². The third-order valence-electron chi connectivity index (χ3n) is 3.36. The molecule has 0 saturated carbocycles. The number of hydrogen-bond acceptors (Lipinski definition) is 2. The van der Waals surface area contributed by atoms with E-state index in [0.29, 0.717) is 22.0 Å². The van der Waals surface area contributed by atoms with Gasteiger partial charge in [-0.15, -0.1) is 0 Å². The Bertz CT molecular complexity index is 843. The maximum atomic E-state index is 11.0. The predicted octanol–water partition coefficient (Wildman–Crippen LogP) is 4.90. The minimum Gasteiger partial charge on any atom is -0.343 e. The van der Waals surface area contributed by atoms with Gasteiger partial charge in [0.2, 0.25) is 0 Å². The summed E-state index contributed by atoms with van der Waals surface area (Å²) in [5.74, 6) is 0. The average Bonchev–Trinajstić information content (AvgIpc) is 2.87. The second-order valence-electron chi connectivity index (χ2n) is 4.62. The number of benzene rings is 2. The van der Waals surface area contributed by atoms with E-state index in [0.717, 1.165) is 11.1 Å². The quantitative estimate of drug-likeness (QED) is 0.508. The Balaban J connectivity index is 2.08. The van der Waals surface area contributed by atoms with Gasteiger partial charge in [0.25, 0.3) is 5.69 Å². The number of non-ortho nitro benzene ring substituents is 1. The maximum absolute atomic E-state index is 11.0. The molecule has 0 fully saturated rings. The van der Waals surface area contributed by atoms with Crippen molar-refractivity contribution in [1.82, 2.24) is 4.57 Å². The molecule has 0 radical (unpaired) electrons. The van der Waals surface area contributed by atoms with Crippen molar-refractivity contribution in [1.29, 1.82) is 0 Å². The zero-order valence-electron chi connectivity index (χ0n) is 10.8. The number of halogens is 2. The van der Waals surface area contributed by atoms with Crippen LogP contribution in [0.1, 0.15) is 5.56 Å². The monoisotopic (exact) mass is 320 g/mol. The van der Waals surface area contributed by atoms with Crippen LogP contribution >= 0.6 is 23.2 Å². The molecule has 0 amide bonds. The summed E-state index contributed by atoms with van der Waals surface area (Å²) in [5, 5.41) is 12.7. The van der Waals surface area contributed by atoms with Crippen LogP contribution in [0, 0.1) is 10.1 Å². The smallest absolute Gasteiger partial charge is 0.278 e. The first-order valence-corrected chi connectivity index (χ1v) is 6.98. The number of nitro benzene ring substituents is 1. The van der Waals surface area contributed by atoms with Gasteiger partial charge in [0.1, 0.15) is 0 Å². The molecule has 0 bridgehead atoms. The lowest BCUT2D eigenvalue weighted by atomic mass is 10.2. The fourth-order valence-electron chi connectivity index (χ4n) is 2.36. The fraction of sp³-hybridized carbons (Fsp3) is 0.0667. The molecular formula is C15H10Cl2N2O2. The number of nitrogens with zero attached hydrogens (tertiary/aromatic N) is 2. The van der Waals surface area contributed by atoms with Gasteiger partial charge in [-0.05, 0) is 23.8 Å². The molecule has 0 N–H and O–H groups in total. The number of aromatic nitrogens is 1. The first-order chi connectivity index (χ1) is 10.1. The van der Waals surface area contributed by atoms with Crippen molar-refractivity contribution < 1.29 is 4.92 Å². The molecule has 0 unspecified atom stereocenters. The van der Waals surface area contributed by atoms with Crippen LogP contribution in [0.5, 0.6) is 0 Å². The van der Waals surface area contributed by atoms with E-state index < -0.39 is 0 Å². The summed E-state index contributed by atoms with van der Waals surface area (Å²) in [6, 6.07) is 12.2. The molecule has 0 aliphatic heterocycles. The van der Waals surface area contributed by atoms with E-state index in [1.54, 1.807) is 18.2 Å². The molecular weight excluding hydrogens is 311 g/mol. The average molecular weight is 321 g/mol. The van der Waals surface area contributed by atoms with Crippen molar-refractivity contribution in [2.75, 3.05) is 0 Å². The molecule has 0 spiro atoms. The van der Waals surface area contributed by atoms with Crippen LogP contribution in [0.3, 0.4) is 0 Å². The number of hydrogen-bond donors (Lipinski definition) is 0. The van der Waals surface area contributed by atoms with Crippen LogP contribution in [0.2, 0.25) is 10.0 Å². The van der Waals surface area contributed by atoms with E-state index in [9.17, 15) is 10.1 Å².